The van der Waals surface area contributed by atoms with Crippen molar-refractivity contribution in [1.82, 2.24) is 0 Å². The van der Waals surface area contributed by atoms with Crippen molar-refractivity contribution in [2.24, 2.45) is 0 Å². The minimum Gasteiger partial charge on any atom is -0.456 e. The molecule has 2 aromatic heterocycles. The van der Waals surface area contributed by atoms with Crippen molar-refractivity contribution >= 4 is 54.1 Å². The first-order valence-electron chi connectivity index (χ1n) is 15.3. The highest BCUT2D eigenvalue weighted by molar-refractivity contribution is 6.23. The molecule has 7 aromatic carbocycles. The molecule has 0 N–H and O–H groups in total. The van der Waals surface area contributed by atoms with Gasteiger partial charge < -0.3 is 8.83 Å². The number of aryl methyl sites for hydroxylation is 2. The molecule has 2 heteroatoms. The van der Waals surface area contributed by atoms with Crippen LogP contribution in [-0.2, 0) is 12.8 Å². The Balaban J connectivity index is 1.33. The van der Waals surface area contributed by atoms with E-state index in [9.17, 15) is 0 Å². The molecular formula is C42H26O2. The Morgan fingerprint density at radius 2 is 0.955 bits per heavy atom. The quantitative estimate of drug-likeness (QED) is 0.196. The fourth-order valence-electron chi connectivity index (χ4n) is 7.48. The third-order valence-electron chi connectivity index (χ3n) is 9.53. The highest BCUT2D eigenvalue weighted by Gasteiger charge is 2.25. The van der Waals surface area contributed by atoms with Gasteiger partial charge in [-0.05, 0) is 85.9 Å². The predicted molar refractivity (Wildman–Crippen MR) is 182 cm³/mol. The lowest BCUT2D eigenvalue weighted by Gasteiger charge is -2.16. The van der Waals surface area contributed by atoms with Gasteiger partial charge in [-0.15, -0.1) is 0 Å². The second-order valence-corrected chi connectivity index (χ2v) is 12.0. The third-order valence-corrected chi connectivity index (χ3v) is 9.53. The summed E-state index contributed by atoms with van der Waals surface area (Å²) in [6, 6.07) is 48.0. The summed E-state index contributed by atoms with van der Waals surface area (Å²) in [4.78, 5) is 0. The zero-order valence-corrected chi connectivity index (χ0v) is 23.9. The Morgan fingerprint density at radius 1 is 0.386 bits per heavy atom. The summed E-state index contributed by atoms with van der Waals surface area (Å²) in [5.41, 5.74) is 7.03. The molecule has 0 spiro atoms. The topological polar surface area (TPSA) is 26.3 Å². The summed E-state index contributed by atoms with van der Waals surface area (Å²) >= 11 is 0. The number of hydrogen-bond acceptors (Lipinski definition) is 2. The number of hydrogen-bond donors (Lipinski definition) is 0. The first-order valence-corrected chi connectivity index (χ1v) is 15.3. The van der Waals surface area contributed by atoms with Gasteiger partial charge in [0.1, 0.15) is 22.9 Å². The van der Waals surface area contributed by atoms with Crippen LogP contribution in [0.5, 0.6) is 0 Å². The van der Waals surface area contributed by atoms with Crippen LogP contribution in [0.2, 0.25) is 0 Å². The minimum atomic E-state index is 0.882. The largest absolute Gasteiger partial charge is 0.456 e. The molecule has 10 rings (SSSR count). The van der Waals surface area contributed by atoms with Gasteiger partial charge >= 0.3 is 0 Å². The zero-order chi connectivity index (χ0) is 28.8. The van der Waals surface area contributed by atoms with E-state index in [0.29, 0.717) is 0 Å². The molecule has 0 amide bonds. The highest BCUT2D eigenvalue weighted by atomic mass is 16.3. The van der Waals surface area contributed by atoms with Crippen LogP contribution < -0.4 is 0 Å². The van der Waals surface area contributed by atoms with E-state index < -0.39 is 0 Å². The second-order valence-electron chi connectivity index (χ2n) is 12.0. The molecule has 0 unspecified atom stereocenters. The first-order chi connectivity index (χ1) is 21.8. The molecule has 44 heavy (non-hydrogen) atoms. The summed E-state index contributed by atoms with van der Waals surface area (Å²) in [5.74, 6) is 2.81. The molecular weight excluding hydrogens is 536 g/mol. The van der Waals surface area contributed by atoms with Crippen molar-refractivity contribution in [3.05, 3.63) is 145 Å². The summed E-state index contributed by atoms with van der Waals surface area (Å²) in [7, 11) is 0. The van der Waals surface area contributed by atoms with Crippen molar-refractivity contribution < 1.29 is 8.83 Å². The lowest BCUT2D eigenvalue weighted by Crippen LogP contribution is -2.00. The van der Waals surface area contributed by atoms with Crippen LogP contribution in [0.15, 0.2) is 142 Å². The van der Waals surface area contributed by atoms with Gasteiger partial charge in [0.2, 0.25) is 0 Å². The van der Waals surface area contributed by atoms with Crippen molar-refractivity contribution in [2.45, 2.75) is 12.8 Å². The smallest absolute Gasteiger partial charge is 0.142 e. The van der Waals surface area contributed by atoms with E-state index in [0.717, 1.165) is 73.8 Å². The molecule has 0 fully saturated rings. The van der Waals surface area contributed by atoms with Crippen LogP contribution in [0.4, 0.5) is 0 Å². The van der Waals surface area contributed by atoms with E-state index in [1.807, 2.05) is 0 Å². The van der Waals surface area contributed by atoms with E-state index >= 15 is 0 Å². The van der Waals surface area contributed by atoms with Gasteiger partial charge in [0, 0.05) is 27.5 Å². The average Bonchev–Trinajstić information content (AvgIpc) is 3.71. The van der Waals surface area contributed by atoms with Gasteiger partial charge in [-0.3, -0.25) is 0 Å². The molecule has 0 bridgehead atoms. The lowest BCUT2D eigenvalue weighted by molar-refractivity contribution is 0.591. The summed E-state index contributed by atoms with van der Waals surface area (Å²) in [6.07, 6.45) is 2.02. The maximum absolute atomic E-state index is 6.87. The normalized spacial score (nSPS) is 12.8. The van der Waals surface area contributed by atoms with E-state index in [-0.39, 0.29) is 0 Å². The van der Waals surface area contributed by atoms with E-state index in [4.69, 9.17) is 8.83 Å². The summed E-state index contributed by atoms with van der Waals surface area (Å²) in [5, 5.41) is 10.5. The Labute approximate surface area is 253 Å². The number of benzene rings is 7. The van der Waals surface area contributed by atoms with Crippen molar-refractivity contribution in [3.8, 4) is 34.0 Å². The second kappa shape index (κ2) is 8.95. The van der Waals surface area contributed by atoms with Gasteiger partial charge in [-0.1, -0.05) is 109 Å². The van der Waals surface area contributed by atoms with Gasteiger partial charge in [-0.2, -0.15) is 0 Å². The van der Waals surface area contributed by atoms with Gasteiger partial charge in [-0.25, -0.2) is 0 Å². The van der Waals surface area contributed by atoms with Gasteiger partial charge in [0.05, 0.1) is 0 Å². The third kappa shape index (κ3) is 3.37. The highest BCUT2D eigenvalue weighted by Crippen LogP contribution is 2.48. The fourth-order valence-corrected chi connectivity index (χ4v) is 7.48. The van der Waals surface area contributed by atoms with Crippen molar-refractivity contribution in [3.63, 3.8) is 0 Å². The standard InChI is InChI=1S/C42H26O2/c1-2-12-28-22-36-35(21-27(28)11-1)39(37-23-29-19-17-25-9-3-5-13-31(25)41(29)43-37)33-15-7-8-16-34(33)40(36)38-24-30-20-18-26-10-4-6-14-32(26)42(30)44-38/h1-17,19,21-24H,18,20H2. The molecule has 2 nitrogen and oxygen atoms in total. The first kappa shape index (κ1) is 23.9. The fraction of sp³-hybridized carbons (Fsp3) is 0.0476. The van der Waals surface area contributed by atoms with Crippen LogP contribution >= 0.6 is 0 Å². The lowest BCUT2D eigenvalue weighted by atomic mass is 9.87. The molecule has 1 aliphatic carbocycles. The van der Waals surface area contributed by atoms with Crippen LogP contribution in [0.1, 0.15) is 11.1 Å². The molecule has 0 atom stereocenters. The molecule has 1 aliphatic rings. The molecule has 2 heterocycles. The Hall–Kier alpha value is -5.60. The molecule has 0 saturated heterocycles. The predicted octanol–water partition coefficient (Wildman–Crippen LogP) is 11.7. The Kier molecular flexibility index (Phi) is 4.86. The minimum absolute atomic E-state index is 0.882. The van der Waals surface area contributed by atoms with Crippen molar-refractivity contribution in [1.29, 1.82) is 0 Å². The zero-order valence-electron chi connectivity index (χ0n) is 23.9. The van der Waals surface area contributed by atoms with E-state index in [1.165, 1.54) is 38.2 Å². The van der Waals surface area contributed by atoms with Crippen LogP contribution in [0.3, 0.4) is 0 Å². The van der Waals surface area contributed by atoms with Crippen LogP contribution in [-0.4, -0.2) is 0 Å². The van der Waals surface area contributed by atoms with Crippen LogP contribution in [0, 0.1) is 0 Å². The molecule has 9 aromatic rings. The van der Waals surface area contributed by atoms with E-state index in [2.05, 4.69) is 133 Å². The number of furan rings is 2. The Bertz CT molecular complexity index is 2610. The Morgan fingerprint density at radius 3 is 1.70 bits per heavy atom. The van der Waals surface area contributed by atoms with Crippen molar-refractivity contribution in [2.75, 3.05) is 0 Å². The molecule has 206 valence electrons. The maximum Gasteiger partial charge on any atom is 0.142 e. The summed E-state index contributed by atoms with van der Waals surface area (Å²) < 4.78 is 13.7. The number of fused-ring (bicyclic) bond motifs is 9. The van der Waals surface area contributed by atoms with Gasteiger partial charge in [0.15, 0.2) is 0 Å². The molecule has 0 aliphatic heterocycles. The molecule has 0 radical (unpaired) electrons. The maximum atomic E-state index is 6.87. The average molecular weight is 563 g/mol. The SMILES string of the molecule is c1ccc2c(c1)CCc1cc(-c3c4ccccc4c(-c4cc5ccc6ccccc6c5o4)c4cc5ccccc5cc34)oc1-2. The van der Waals surface area contributed by atoms with Crippen LogP contribution in [0.25, 0.3) is 88.0 Å². The monoisotopic (exact) mass is 562 g/mol. The number of rotatable bonds is 2. The van der Waals surface area contributed by atoms with E-state index in [1.54, 1.807) is 0 Å². The summed E-state index contributed by atoms with van der Waals surface area (Å²) in [6.45, 7) is 0. The molecule has 0 saturated carbocycles. The van der Waals surface area contributed by atoms with Gasteiger partial charge in [0.25, 0.3) is 0 Å².